The largest absolute Gasteiger partial charge is 0.371 e. The molecular weight excluding hydrogens is 348 g/mol. The third-order valence-electron chi connectivity index (χ3n) is 5.69. The van der Waals surface area contributed by atoms with Gasteiger partial charge < -0.3 is 4.90 Å². The van der Waals surface area contributed by atoms with E-state index in [0.29, 0.717) is 17.9 Å². The number of hydrogen-bond donors (Lipinski definition) is 0. The van der Waals surface area contributed by atoms with E-state index in [4.69, 9.17) is 0 Å². The molecule has 0 atom stereocenters. The summed E-state index contributed by atoms with van der Waals surface area (Å²) in [5, 5.41) is 0. The van der Waals surface area contributed by atoms with Crippen LogP contribution in [-0.2, 0) is 10.0 Å². The second-order valence-electron chi connectivity index (χ2n) is 7.79. The Hall–Kier alpha value is -1.40. The molecular formula is C20H30N2O3S. The predicted molar refractivity (Wildman–Crippen MR) is 104 cm³/mol. The molecule has 1 saturated heterocycles. The summed E-state index contributed by atoms with van der Waals surface area (Å²) < 4.78 is 26.3. The molecule has 0 amide bonds. The molecule has 0 bridgehead atoms. The van der Waals surface area contributed by atoms with Crippen molar-refractivity contribution in [3.8, 4) is 0 Å². The molecule has 0 spiro atoms. The van der Waals surface area contributed by atoms with Crippen LogP contribution in [0.15, 0.2) is 23.1 Å². The average Bonchev–Trinajstić information content (AvgIpc) is 3.16. The Kier molecular flexibility index (Phi) is 6.03. The molecule has 3 rings (SSSR count). The highest BCUT2D eigenvalue weighted by molar-refractivity contribution is 7.89. The third-order valence-corrected chi connectivity index (χ3v) is 7.50. The van der Waals surface area contributed by atoms with E-state index in [1.807, 2.05) is 6.07 Å². The van der Waals surface area contributed by atoms with Crippen LogP contribution in [0.3, 0.4) is 0 Å². The number of sulfonamides is 1. The van der Waals surface area contributed by atoms with Crippen LogP contribution >= 0.6 is 0 Å². The Bertz CT molecular complexity index is 746. The predicted octanol–water partition coefficient (Wildman–Crippen LogP) is 3.69. The van der Waals surface area contributed by atoms with Crippen LogP contribution in [0, 0.1) is 5.92 Å². The van der Waals surface area contributed by atoms with E-state index in [-0.39, 0.29) is 10.7 Å². The zero-order chi connectivity index (χ0) is 18.7. The van der Waals surface area contributed by atoms with Crippen molar-refractivity contribution in [3.05, 3.63) is 23.8 Å². The van der Waals surface area contributed by atoms with Gasteiger partial charge in [-0.3, -0.25) is 4.79 Å². The average molecular weight is 379 g/mol. The topological polar surface area (TPSA) is 57.7 Å². The highest BCUT2D eigenvalue weighted by atomic mass is 32.2. The van der Waals surface area contributed by atoms with Gasteiger partial charge in [-0.05, 0) is 37.0 Å². The van der Waals surface area contributed by atoms with Crippen molar-refractivity contribution in [3.63, 3.8) is 0 Å². The second-order valence-corrected chi connectivity index (χ2v) is 9.94. The van der Waals surface area contributed by atoms with Crippen molar-refractivity contribution < 1.29 is 13.2 Å². The van der Waals surface area contributed by atoms with Crippen molar-refractivity contribution >= 4 is 21.5 Å². The monoisotopic (exact) mass is 378 g/mol. The normalized spacial score (nSPS) is 19.3. The first-order valence-corrected chi connectivity index (χ1v) is 11.2. The second kappa shape index (κ2) is 8.09. The number of anilines is 1. The molecule has 6 heteroatoms. The lowest BCUT2D eigenvalue weighted by Gasteiger charge is -2.24. The minimum absolute atomic E-state index is 0.0922. The minimum atomic E-state index is -3.54. The van der Waals surface area contributed by atoms with E-state index in [1.165, 1.54) is 37.7 Å². The van der Waals surface area contributed by atoms with Crippen molar-refractivity contribution in [2.75, 3.05) is 32.1 Å². The highest BCUT2D eigenvalue weighted by Crippen LogP contribution is 2.32. The number of carbonyl (C=O) groups is 1. The fourth-order valence-electron chi connectivity index (χ4n) is 4.11. The summed E-state index contributed by atoms with van der Waals surface area (Å²) in [7, 11) is -0.502. The molecule has 26 heavy (non-hydrogen) atoms. The molecule has 1 aromatic rings. The first kappa shape index (κ1) is 19.4. The highest BCUT2D eigenvalue weighted by Gasteiger charge is 2.26. The molecule has 1 saturated carbocycles. The van der Waals surface area contributed by atoms with Gasteiger partial charge in [0, 0.05) is 44.9 Å². The van der Waals surface area contributed by atoms with Crippen LogP contribution in [-0.4, -0.2) is 45.7 Å². The van der Waals surface area contributed by atoms with E-state index in [1.54, 1.807) is 12.1 Å². The SMILES string of the molecule is CN(C)S(=O)(=O)c1ccc(N2CCCC2)c(C(=O)CC2CCCCC2)c1. The Labute approximate surface area is 157 Å². The molecule has 1 heterocycles. The van der Waals surface area contributed by atoms with E-state index in [9.17, 15) is 13.2 Å². The summed E-state index contributed by atoms with van der Waals surface area (Å²) in [5.74, 6) is 0.534. The molecule has 0 radical (unpaired) electrons. The number of benzene rings is 1. The Morgan fingerprint density at radius 1 is 1.08 bits per heavy atom. The fraction of sp³-hybridized carbons (Fsp3) is 0.650. The van der Waals surface area contributed by atoms with Gasteiger partial charge in [-0.2, -0.15) is 0 Å². The minimum Gasteiger partial charge on any atom is -0.371 e. The van der Waals surface area contributed by atoms with Crippen LogP contribution in [0.5, 0.6) is 0 Å². The molecule has 0 N–H and O–H groups in total. The van der Waals surface area contributed by atoms with E-state index >= 15 is 0 Å². The summed E-state index contributed by atoms with van der Waals surface area (Å²) >= 11 is 0. The maximum atomic E-state index is 13.1. The Balaban J connectivity index is 1.93. The van der Waals surface area contributed by atoms with Gasteiger partial charge in [-0.15, -0.1) is 0 Å². The molecule has 1 aliphatic heterocycles. The Morgan fingerprint density at radius 2 is 1.73 bits per heavy atom. The number of nitrogens with zero attached hydrogens (tertiary/aromatic N) is 2. The van der Waals surface area contributed by atoms with Crippen LogP contribution in [0.4, 0.5) is 5.69 Å². The lowest BCUT2D eigenvalue weighted by atomic mass is 9.84. The van der Waals surface area contributed by atoms with Crippen molar-refractivity contribution in [1.82, 2.24) is 4.31 Å². The van der Waals surface area contributed by atoms with E-state index in [2.05, 4.69) is 4.90 Å². The smallest absolute Gasteiger partial charge is 0.242 e. The third kappa shape index (κ3) is 4.12. The number of carbonyl (C=O) groups excluding carboxylic acids is 1. The van der Waals surface area contributed by atoms with Crippen molar-refractivity contribution in [1.29, 1.82) is 0 Å². The zero-order valence-electron chi connectivity index (χ0n) is 15.9. The fourth-order valence-corrected chi connectivity index (χ4v) is 5.04. The Morgan fingerprint density at radius 3 is 2.35 bits per heavy atom. The molecule has 1 aliphatic carbocycles. The summed E-state index contributed by atoms with van der Waals surface area (Å²) in [5.41, 5.74) is 1.49. The maximum Gasteiger partial charge on any atom is 0.242 e. The van der Waals surface area contributed by atoms with Crippen LogP contribution in [0.25, 0.3) is 0 Å². The zero-order valence-corrected chi connectivity index (χ0v) is 16.7. The molecule has 0 aromatic heterocycles. The van der Waals surface area contributed by atoms with E-state index in [0.717, 1.165) is 44.5 Å². The number of ketones is 1. The standard InChI is InChI=1S/C20H30N2O3S/c1-21(2)26(24,25)17-10-11-19(22-12-6-7-13-22)18(15-17)20(23)14-16-8-4-3-5-9-16/h10-11,15-16H,3-9,12-14H2,1-2H3. The van der Waals surface area contributed by atoms with Gasteiger partial charge in [-0.25, -0.2) is 12.7 Å². The first-order chi connectivity index (χ1) is 12.4. The molecule has 1 aromatic carbocycles. The van der Waals surface area contributed by atoms with Crippen LogP contribution in [0.1, 0.15) is 61.7 Å². The summed E-state index contributed by atoms with van der Waals surface area (Å²) in [6, 6.07) is 5.07. The van der Waals surface area contributed by atoms with Gasteiger partial charge in [0.15, 0.2) is 5.78 Å². The summed E-state index contributed by atoms with van der Waals surface area (Å²) in [6.07, 6.45) is 8.66. The van der Waals surface area contributed by atoms with Gasteiger partial charge in [-0.1, -0.05) is 32.1 Å². The van der Waals surface area contributed by atoms with Gasteiger partial charge in [0.1, 0.15) is 0 Å². The molecule has 144 valence electrons. The summed E-state index contributed by atoms with van der Waals surface area (Å²) in [6.45, 7) is 1.87. The van der Waals surface area contributed by atoms with Gasteiger partial charge in [0.2, 0.25) is 10.0 Å². The molecule has 2 fully saturated rings. The lowest BCUT2D eigenvalue weighted by molar-refractivity contribution is 0.0950. The van der Waals surface area contributed by atoms with E-state index < -0.39 is 10.0 Å². The number of rotatable bonds is 6. The molecule has 0 unspecified atom stereocenters. The van der Waals surface area contributed by atoms with Crippen molar-refractivity contribution in [2.24, 2.45) is 5.92 Å². The number of Topliss-reactive ketones (excluding diaryl/α,β-unsaturated/α-hetero) is 1. The molecule has 2 aliphatic rings. The van der Waals surface area contributed by atoms with Gasteiger partial charge in [0.05, 0.1) is 4.90 Å². The van der Waals surface area contributed by atoms with Crippen molar-refractivity contribution in [2.45, 2.75) is 56.3 Å². The van der Waals surface area contributed by atoms with Gasteiger partial charge in [0.25, 0.3) is 0 Å². The first-order valence-electron chi connectivity index (χ1n) is 9.74. The number of hydrogen-bond acceptors (Lipinski definition) is 4. The summed E-state index contributed by atoms with van der Waals surface area (Å²) in [4.78, 5) is 15.5. The van der Waals surface area contributed by atoms with Crippen LogP contribution < -0.4 is 4.90 Å². The van der Waals surface area contributed by atoms with Gasteiger partial charge >= 0.3 is 0 Å². The maximum absolute atomic E-state index is 13.1. The van der Waals surface area contributed by atoms with Crippen LogP contribution in [0.2, 0.25) is 0 Å². The lowest BCUT2D eigenvalue weighted by Crippen LogP contribution is -2.25. The quantitative estimate of drug-likeness (QED) is 0.709. The molecule has 5 nitrogen and oxygen atoms in total.